The second kappa shape index (κ2) is 7.00. The van der Waals surface area contributed by atoms with Crippen LogP contribution < -0.4 is 14.8 Å². The Kier molecular flexibility index (Phi) is 4.34. The first-order valence-corrected chi connectivity index (χ1v) is 10.1. The van der Waals surface area contributed by atoms with Crippen molar-refractivity contribution in [1.29, 1.82) is 0 Å². The average Bonchev–Trinajstić information content (AvgIpc) is 3.47. The van der Waals surface area contributed by atoms with Crippen molar-refractivity contribution >= 4 is 11.5 Å². The van der Waals surface area contributed by atoms with E-state index in [1.807, 2.05) is 22.7 Å². The zero-order valence-electron chi connectivity index (χ0n) is 16.5. The number of methoxy groups -OCH3 is 2. The summed E-state index contributed by atoms with van der Waals surface area (Å²) in [5, 5.41) is 8.62. The van der Waals surface area contributed by atoms with E-state index in [2.05, 4.69) is 11.4 Å². The monoisotopic (exact) mass is 378 g/mol. The fraction of sp³-hybridized carbons (Fsp3) is 0.455. The van der Waals surface area contributed by atoms with Gasteiger partial charge >= 0.3 is 0 Å². The van der Waals surface area contributed by atoms with Crippen molar-refractivity contribution in [1.82, 2.24) is 14.6 Å². The lowest BCUT2D eigenvalue weighted by Crippen LogP contribution is -2.16. The van der Waals surface area contributed by atoms with Gasteiger partial charge in [-0.3, -0.25) is 0 Å². The molecule has 5 rings (SSSR count). The van der Waals surface area contributed by atoms with Crippen LogP contribution in [0.4, 0.5) is 5.82 Å². The number of nitrogens with one attached hydrogen (secondary N) is 1. The highest BCUT2D eigenvalue weighted by atomic mass is 16.5. The SMILES string of the molecule is COc1cc(OC)cc(-c2cc3nc4c(c(NCC5CC5)n3n2)CCCC4)c1. The number of aryl methyl sites for hydroxylation is 1. The molecule has 0 bridgehead atoms. The van der Waals surface area contributed by atoms with Crippen molar-refractivity contribution in [2.45, 2.75) is 38.5 Å². The predicted molar refractivity (Wildman–Crippen MR) is 109 cm³/mol. The number of fused-ring (bicyclic) bond motifs is 2. The molecule has 6 heteroatoms. The van der Waals surface area contributed by atoms with Crippen LogP contribution in [-0.4, -0.2) is 35.4 Å². The molecular formula is C22H26N4O2. The number of aromatic nitrogens is 3. The van der Waals surface area contributed by atoms with Gasteiger partial charge in [-0.15, -0.1) is 0 Å². The second-order valence-electron chi connectivity index (χ2n) is 7.82. The first kappa shape index (κ1) is 17.3. The molecule has 6 nitrogen and oxygen atoms in total. The number of rotatable bonds is 6. The Bertz CT molecular complexity index is 1000. The molecular weight excluding hydrogens is 352 g/mol. The summed E-state index contributed by atoms with van der Waals surface area (Å²) in [4.78, 5) is 4.95. The Labute approximate surface area is 164 Å². The van der Waals surface area contributed by atoms with Gasteiger partial charge in [0.1, 0.15) is 17.3 Å². The third kappa shape index (κ3) is 3.17. The van der Waals surface area contributed by atoms with E-state index in [1.54, 1.807) is 14.2 Å². The number of ether oxygens (including phenoxy) is 2. The zero-order valence-corrected chi connectivity index (χ0v) is 16.5. The van der Waals surface area contributed by atoms with Crippen LogP contribution in [0.1, 0.15) is 36.9 Å². The van der Waals surface area contributed by atoms with Gasteiger partial charge in [0.05, 0.1) is 19.9 Å². The third-order valence-corrected chi connectivity index (χ3v) is 5.78. The fourth-order valence-electron chi connectivity index (χ4n) is 3.99. The number of hydrogen-bond acceptors (Lipinski definition) is 5. The van der Waals surface area contributed by atoms with Gasteiger partial charge in [-0.2, -0.15) is 9.61 Å². The summed E-state index contributed by atoms with van der Waals surface area (Å²) in [6.45, 7) is 1.02. The Morgan fingerprint density at radius 2 is 1.79 bits per heavy atom. The molecule has 2 aromatic heterocycles. The highest BCUT2D eigenvalue weighted by molar-refractivity contribution is 5.69. The normalized spacial score (nSPS) is 16.1. The zero-order chi connectivity index (χ0) is 19.1. The Morgan fingerprint density at radius 1 is 1.04 bits per heavy atom. The Hall–Kier alpha value is -2.76. The van der Waals surface area contributed by atoms with Gasteiger partial charge in [0, 0.05) is 35.5 Å². The molecule has 0 saturated heterocycles. The van der Waals surface area contributed by atoms with Crippen molar-refractivity contribution in [3.63, 3.8) is 0 Å². The van der Waals surface area contributed by atoms with E-state index >= 15 is 0 Å². The molecule has 28 heavy (non-hydrogen) atoms. The summed E-state index contributed by atoms with van der Waals surface area (Å²) in [5.41, 5.74) is 5.31. The maximum absolute atomic E-state index is 5.43. The first-order valence-electron chi connectivity index (χ1n) is 10.1. The van der Waals surface area contributed by atoms with E-state index in [1.165, 1.54) is 36.9 Å². The van der Waals surface area contributed by atoms with E-state index in [9.17, 15) is 0 Å². The van der Waals surface area contributed by atoms with Gasteiger partial charge in [-0.05, 0) is 56.6 Å². The van der Waals surface area contributed by atoms with Crippen LogP contribution in [0.3, 0.4) is 0 Å². The minimum Gasteiger partial charge on any atom is -0.497 e. The van der Waals surface area contributed by atoms with Crippen LogP contribution >= 0.6 is 0 Å². The lowest BCUT2D eigenvalue weighted by molar-refractivity contribution is 0.394. The maximum Gasteiger partial charge on any atom is 0.158 e. The molecule has 1 saturated carbocycles. The predicted octanol–water partition coefficient (Wildman–Crippen LogP) is 4.11. The van der Waals surface area contributed by atoms with Crippen LogP contribution in [0.25, 0.3) is 16.9 Å². The van der Waals surface area contributed by atoms with Crippen LogP contribution in [0.5, 0.6) is 11.5 Å². The number of hydrogen-bond donors (Lipinski definition) is 1. The fourth-order valence-corrected chi connectivity index (χ4v) is 3.99. The van der Waals surface area contributed by atoms with Crippen LogP contribution in [0.2, 0.25) is 0 Å². The van der Waals surface area contributed by atoms with Gasteiger partial charge in [-0.1, -0.05) is 0 Å². The molecule has 0 spiro atoms. The molecule has 3 aromatic rings. The number of nitrogens with zero attached hydrogens (tertiary/aromatic N) is 3. The van der Waals surface area contributed by atoms with Crippen LogP contribution in [0, 0.1) is 5.92 Å². The van der Waals surface area contributed by atoms with E-state index in [4.69, 9.17) is 19.6 Å². The second-order valence-corrected chi connectivity index (χ2v) is 7.82. The van der Waals surface area contributed by atoms with E-state index in [0.29, 0.717) is 0 Å². The molecule has 2 heterocycles. The summed E-state index contributed by atoms with van der Waals surface area (Å²) in [7, 11) is 3.33. The lowest BCUT2D eigenvalue weighted by atomic mass is 9.96. The molecule has 1 fully saturated rings. The molecule has 1 aromatic carbocycles. The summed E-state index contributed by atoms with van der Waals surface area (Å²) in [6, 6.07) is 7.91. The van der Waals surface area contributed by atoms with Crippen LogP contribution in [0.15, 0.2) is 24.3 Å². The third-order valence-electron chi connectivity index (χ3n) is 5.78. The van der Waals surface area contributed by atoms with Crippen LogP contribution in [-0.2, 0) is 12.8 Å². The van der Waals surface area contributed by atoms with Gasteiger partial charge in [0.2, 0.25) is 0 Å². The topological polar surface area (TPSA) is 60.7 Å². The molecule has 0 radical (unpaired) electrons. The smallest absolute Gasteiger partial charge is 0.158 e. The molecule has 146 valence electrons. The van der Waals surface area contributed by atoms with E-state index in [-0.39, 0.29) is 0 Å². The Morgan fingerprint density at radius 3 is 2.50 bits per heavy atom. The highest BCUT2D eigenvalue weighted by Gasteiger charge is 2.24. The molecule has 1 N–H and O–H groups in total. The summed E-state index contributed by atoms with van der Waals surface area (Å²) >= 11 is 0. The van der Waals surface area contributed by atoms with Crippen molar-refractivity contribution in [2.24, 2.45) is 5.92 Å². The largest absolute Gasteiger partial charge is 0.497 e. The molecule has 0 atom stereocenters. The summed E-state index contributed by atoms with van der Waals surface area (Å²) in [5.74, 6) is 3.45. The van der Waals surface area contributed by atoms with Gasteiger partial charge < -0.3 is 14.8 Å². The van der Waals surface area contributed by atoms with Gasteiger partial charge in [0.25, 0.3) is 0 Å². The van der Waals surface area contributed by atoms with Crippen molar-refractivity contribution in [3.05, 3.63) is 35.5 Å². The molecule has 2 aliphatic rings. The van der Waals surface area contributed by atoms with Gasteiger partial charge in [-0.25, -0.2) is 4.98 Å². The molecule has 0 aliphatic heterocycles. The molecule has 0 unspecified atom stereocenters. The molecule has 0 amide bonds. The van der Waals surface area contributed by atoms with Crippen molar-refractivity contribution in [3.8, 4) is 22.8 Å². The number of anilines is 1. The Balaban J connectivity index is 1.63. The van der Waals surface area contributed by atoms with E-state index in [0.717, 1.165) is 59.5 Å². The molecule has 2 aliphatic carbocycles. The van der Waals surface area contributed by atoms with Crippen molar-refractivity contribution in [2.75, 3.05) is 26.1 Å². The maximum atomic E-state index is 5.43. The quantitative estimate of drug-likeness (QED) is 0.699. The minimum absolute atomic E-state index is 0.755. The summed E-state index contributed by atoms with van der Waals surface area (Å²) in [6.07, 6.45) is 7.23. The van der Waals surface area contributed by atoms with Gasteiger partial charge in [0.15, 0.2) is 5.65 Å². The standard InChI is InChI=1S/C22H26N4O2/c1-27-16-9-15(10-17(11-16)28-2)20-12-21-24-19-6-4-3-5-18(19)22(26(21)25-20)23-13-14-7-8-14/h9-12,14,23H,3-8,13H2,1-2H3. The van der Waals surface area contributed by atoms with E-state index < -0.39 is 0 Å². The summed E-state index contributed by atoms with van der Waals surface area (Å²) < 4.78 is 12.8. The minimum atomic E-state index is 0.755. The number of benzene rings is 1. The van der Waals surface area contributed by atoms with Crippen molar-refractivity contribution < 1.29 is 9.47 Å². The lowest BCUT2D eigenvalue weighted by Gasteiger charge is -2.20. The average molecular weight is 378 g/mol. The highest BCUT2D eigenvalue weighted by Crippen LogP contribution is 2.34. The first-order chi connectivity index (χ1) is 13.7.